The fourth-order valence-electron chi connectivity index (χ4n) is 2.65. The number of carbonyl (C=O) groups is 2. The van der Waals surface area contributed by atoms with E-state index < -0.39 is 0 Å². The first-order valence-electron chi connectivity index (χ1n) is 8.09. The van der Waals surface area contributed by atoms with Gasteiger partial charge < -0.3 is 20.1 Å². The molecule has 1 aromatic heterocycles. The van der Waals surface area contributed by atoms with Crippen molar-refractivity contribution in [1.29, 1.82) is 0 Å². The molecule has 0 spiro atoms. The second kappa shape index (κ2) is 11.5. The molecule has 1 amide bonds. The van der Waals surface area contributed by atoms with E-state index in [4.69, 9.17) is 14.6 Å². The third-order valence-electron chi connectivity index (χ3n) is 4.01. The highest BCUT2D eigenvalue weighted by Crippen LogP contribution is 2.16. The summed E-state index contributed by atoms with van der Waals surface area (Å²) < 4.78 is 5.10. The van der Waals surface area contributed by atoms with Crippen molar-refractivity contribution in [3.63, 3.8) is 0 Å². The lowest BCUT2D eigenvalue weighted by Gasteiger charge is -2.31. The van der Waals surface area contributed by atoms with Gasteiger partial charge in [0.25, 0.3) is 12.4 Å². The summed E-state index contributed by atoms with van der Waals surface area (Å²) in [6.45, 7) is 6.43. The molecule has 134 valence electrons. The van der Waals surface area contributed by atoms with Crippen molar-refractivity contribution in [3.8, 4) is 0 Å². The van der Waals surface area contributed by atoms with E-state index in [1.807, 2.05) is 13.0 Å². The average molecular weight is 337 g/mol. The standard InChI is InChI=1S/C16H25N3O2.CH2O2/c1-13-9-15(12-17-10-13)16(20)18-11-14-3-5-19(6-4-14)7-8-21-2;2-1-3/h9-10,12,14H,3-8,11H2,1-2H3,(H,18,20);1H,(H,2,3). The lowest BCUT2D eigenvalue weighted by Crippen LogP contribution is -2.39. The van der Waals surface area contributed by atoms with Gasteiger partial charge in [0.15, 0.2) is 0 Å². The van der Waals surface area contributed by atoms with Crippen LogP contribution in [0.3, 0.4) is 0 Å². The van der Waals surface area contributed by atoms with Crippen LogP contribution in [0.2, 0.25) is 0 Å². The first kappa shape index (κ1) is 20.1. The number of rotatable bonds is 6. The first-order valence-corrected chi connectivity index (χ1v) is 8.09. The van der Waals surface area contributed by atoms with Crippen LogP contribution in [-0.4, -0.2) is 67.3 Å². The second-order valence-corrected chi connectivity index (χ2v) is 5.84. The number of carbonyl (C=O) groups excluding carboxylic acids is 1. The van der Waals surface area contributed by atoms with Crippen molar-refractivity contribution in [3.05, 3.63) is 29.6 Å². The van der Waals surface area contributed by atoms with Crippen molar-refractivity contribution in [2.45, 2.75) is 19.8 Å². The van der Waals surface area contributed by atoms with Gasteiger partial charge in [-0.15, -0.1) is 0 Å². The van der Waals surface area contributed by atoms with Crippen molar-refractivity contribution in [2.75, 3.05) is 39.9 Å². The van der Waals surface area contributed by atoms with E-state index in [1.54, 1.807) is 19.5 Å². The summed E-state index contributed by atoms with van der Waals surface area (Å²) in [7, 11) is 1.74. The van der Waals surface area contributed by atoms with Gasteiger partial charge in [-0.2, -0.15) is 0 Å². The largest absolute Gasteiger partial charge is 0.483 e. The highest BCUT2D eigenvalue weighted by molar-refractivity contribution is 5.93. The van der Waals surface area contributed by atoms with E-state index in [2.05, 4.69) is 15.2 Å². The highest BCUT2D eigenvalue weighted by atomic mass is 16.5. The Bertz CT molecular complexity index is 502. The lowest BCUT2D eigenvalue weighted by molar-refractivity contribution is -0.122. The fraction of sp³-hybridized carbons (Fsp3) is 0.588. The molecule has 0 radical (unpaired) electrons. The number of pyridine rings is 1. The zero-order chi connectivity index (χ0) is 17.8. The van der Waals surface area contributed by atoms with Gasteiger partial charge in [-0.3, -0.25) is 14.6 Å². The number of hydrogen-bond donors (Lipinski definition) is 2. The maximum atomic E-state index is 12.1. The Morgan fingerprint density at radius 2 is 2.12 bits per heavy atom. The van der Waals surface area contributed by atoms with Crippen molar-refractivity contribution in [2.24, 2.45) is 5.92 Å². The zero-order valence-corrected chi connectivity index (χ0v) is 14.4. The Balaban J connectivity index is 0.000000891. The predicted molar refractivity (Wildman–Crippen MR) is 91.0 cm³/mol. The van der Waals surface area contributed by atoms with Gasteiger partial charge in [0.05, 0.1) is 12.2 Å². The normalized spacial score (nSPS) is 15.2. The SMILES string of the molecule is COCCN1CCC(CNC(=O)c2cncc(C)c2)CC1.O=CO. The highest BCUT2D eigenvalue weighted by Gasteiger charge is 2.19. The van der Waals surface area contributed by atoms with E-state index in [0.29, 0.717) is 11.5 Å². The summed E-state index contributed by atoms with van der Waals surface area (Å²) in [5, 5.41) is 9.92. The smallest absolute Gasteiger partial charge is 0.290 e. The number of aromatic nitrogens is 1. The predicted octanol–water partition coefficient (Wildman–Crippen LogP) is 1.18. The molecule has 0 saturated carbocycles. The molecule has 1 aromatic rings. The van der Waals surface area contributed by atoms with E-state index in [-0.39, 0.29) is 12.4 Å². The molecule has 2 heterocycles. The summed E-state index contributed by atoms with van der Waals surface area (Å²) in [6.07, 6.45) is 5.65. The average Bonchev–Trinajstić information content (AvgIpc) is 2.59. The van der Waals surface area contributed by atoms with E-state index in [9.17, 15) is 4.79 Å². The number of aryl methyl sites for hydroxylation is 1. The fourth-order valence-corrected chi connectivity index (χ4v) is 2.65. The van der Waals surface area contributed by atoms with Crippen molar-refractivity contribution >= 4 is 12.4 Å². The molecule has 0 aromatic carbocycles. The molecular weight excluding hydrogens is 310 g/mol. The van der Waals surface area contributed by atoms with Gasteiger partial charge in [-0.05, 0) is 50.4 Å². The minimum atomic E-state index is -0.250. The third-order valence-corrected chi connectivity index (χ3v) is 4.01. The van der Waals surface area contributed by atoms with Gasteiger partial charge in [0.1, 0.15) is 0 Å². The number of likely N-dealkylation sites (tertiary alicyclic amines) is 1. The summed E-state index contributed by atoms with van der Waals surface area (Å²) in [5.41, 5.74) is 1.65. The number of methoxy groups -OCH3 is 1. The number of hydrogen-bond acceptors (Lipinski definition) is 5. The van der Waals surface area contributed by atoms with E-state index >= 15 is 0 Å². The summed E-state index contributed by atoms with van der Waals surface area (Å²) >= 11 is 0. The Hall–Kier alpha value is -1.99. The lowest BCUT2D eigenvalue weighted by atomic mass is 9.96. The molecule has 0 aliphatic carbocycles. The van der Waals surface area contributed by atoms with E-state index in [0.717, 1.165) is 51.2 Å². The Labute approximate surface area is 143 Å². The molecular formula is C17H27N3O4. The minimum absolute atomic E-state index is 0.0204. The van der Waals surface area contributed by atoms with E-state index in [1.165, 1.54) is 0 Å². The molecule has 24 heavy (non-hydrogen) atoms. The van der Waals surface area contributed by atoms with Crippen molar-refractivity contribution < 1.29 is 19.4 Å². The number of nitrogens with zero attached hydrogens (tertiary/aromatic N) is 2. The van der Waals surface area contributed by atoms with Gasteiger partial charge in [0.2, 0.25) is 0 Å². The van der Waals surface area contributed by atoms with Gasteiger partial charge in [0, 0.05) is 32.6 Å². The van der Waals surface area contributed by atoms with Crippen LogP contribution in [0.1, 0.15) is 28.8 Å². The van der Waals surface area contributed by atoms with Crippen LogP contribution >= 0.6 is 0 Å². The van der Waals surface area contributed by atoms with Gasteiger partial charge in [-0.25, -0.2) is 0 Å². The molecule has 1 aliphatic rings. The van der Waals surface area contributed by atoms with Crippen molar-refractivity contribution in [1.82, 2.24) is 15.2 Å². The molecule has 2 N–H and O–H groups in total. The Morgan fingerprint density at radius 1 is 1.46 bits per heavy atom. The number of ether oxygens (including phenoxy) is 1. The van der Waals surface area contributed by atoms with Crippen LogP contribution in [0.15, 0.2) is 18.5 Å². The van der Waals surface area contributed by atoms with Crippen LogP contribution in [0.4, 0.5) is 0 Å². The van der Waals surface area contributed by atoms with Crippen LogP contribution in [-0.2, 0) is 9.53 Å². The Morgan fingerprint density at radius 3 is 2.71 bits per heavy atom. The van der Waals surface area contributed by atoms with Crippen LogP contribution in [0.25, 0.3) is 0 Å². The van der Waals surface area contributed by atoms with Crippen LogP contribution < -0.4 is 5.32 Å². The minimum Gasteiger partial charge on any atom is -0.483 e. The zero-order valence-electron chi connectivity index (χ0n) is 14.4. The third kappa shape index (κ3) is 7.52. The van der Waals surface area contributed by atoms with Gasteiger partial charge in [-0.1, -0.05) is 0 Å². The molecule has 0 bridgehead atoms. The number of piperidine rings is 1. The number of amides is 1. The number of carboxylic acid groups (broad SMARTS) is 1. The second-order valence-electron chi connectivity index (χ2n) is 5.84. The quantitative estimate of drug-likeness (QED) is 0.758. The summed E-state index contributed by atoms with van der Waals surface area (Å²) in [5.74, 6) is 0.554. The number of nitrogens with one attached hydrogen (secondary N) is 1. The molecule has 0 atom stereocenters. The molecule has 7 heteroatoms. The molecule has 0 unspecified atom stereocenters. The first-order chi connectivity index (χ1) is 11.6. The maximum Gasteiger partial charge on any atom is 0.290 e. The summed E-state index contributed by atoms with van der Waals surface area (Å²) in [4.78, 5) is 26.9. The van der Waals surface area contributed by atoms with Gasteiger partial charge >= 0.3 is 0 Å². The van der Waals surface area contributed by atoms with Crippen LogP contribution in [0, 0.1) is 12.8 Å². The topological polar surface area (TPSA) is 91.8 Å². The Kier molecular flexibility index (Phi) is 9.64. The maximum absolute atomic E-state index is 12.1. The molecule has 1 fully saturated rings. The summed E-state index contributed by atoms with van der Waals surface area (Å²) in [6, 6.07) is 1.87. The molecule has 2 rings (SSSR count). The van der Waals surface area contributed by atoms with Crippen LogP contribution in [0.5, 0.6) is 0 Å². The molecule has 1 aliphatic heterocycles. The molecule has 1 saturated heterocycles. The molecule has 7 nitrogen and oxygen atoms in total. The monoisotopic (exact) mass is 337 g/mol.